The number of nitrogens with zero attached hydrogens (tertiary/aromatic N) is 2. The third-order valence-corrected chi connectivity index (χ3v) is 3.22. The number of aromatic nitrogens is 2. The summed E-state index contributed by atoms with van der Waals surface area (Å²) in [6, 6.07) is 18.4. The van der Waals surface area contributed by atoms with Crippen molar-refractivity contribution in [1.29, 1.82) is 0 Å². The molecule has 0 unspecified atom stereocenters. The van der Waals surface area contributed by atoms with E-state index < -0.39 is 0 Å². The van der Waals surface area contributed by atoms with E-state index in [1.807, 2.05) is 42.5 Å². The highest BCUT2D eigenvalue weighted by Crippen LogP contribution is 2.18. The van der Waals surface area contributed by atoms with Gasteiger partial charge in [0.1, 0.15) is 5.82 Å². The summed E-state index contributed by atoms with van der Waals surface area (Å²) in [4.78, 5) is 4.67. The highest BCUT2D eigenvalue weighted by atomic mass is 35.5. The van der Waals surface area contributed by atoms with E-state index in [4.69, 9.17) is 0 Å². The van der Waals surface area contributed by atoms with E-state index in [1.54, 1.807) is 0 Å². The summed E-state index contributed by atoms with van der Waals surface area (Å²) in [6.07, 6.45) is 6.04. The lowest BCUT2D eigenvalue weighted by Gasteiger charge is -2.02. The highest BCUT2D eigenvalue weighted by Gasteiger charge is 2.06. The van der Waals surface area contributed by atoms with Crippen molar-refractivity contribution in [3.8, 4) is 0 Å². The first-order valence-corrected chi connectivity index (χ1v) is 6.68. The third-order valence-electron chi connectivity index (χ3n) is 3.22. The zero-order chi connectivity index (χ0) is 13.8. The predicted octanol–water partition coefficient (Wildman–Crippen LogP) is 4.81. The summed E-state index contributed by atoms with van der Waals surface area (Å²) >= 11 is 0. The van der Waals surface area contributed by atoms with Crippen molar-refractivity contribution in [3.05, 3.63) is 78.6 Å². The maximum Gasteiger partial charge on any atom is 0.134 e. The second kappa shape index (κ2) is 6.91. The average molecular weight is 297 g/mol. The van der Waals surface area contributed by atoms with Gasteiger partial charge in [-0.3, -0.25) is 0 Å². The van der Waals surface area contributed by atoms with Crippen molar-refractivity contribution in [2.75, 3.05) is 0 Å². The number of rotatable bonds is 4. The molecule has 0 saturated heterocycles. The summed E-state index contributed by atoms with van der Waals surface area (Å²) in [5.74, 6) is 0.954. The van der Waals surface area contributed by atoms with E-state index in [9.17, 15) is 0 Å². The smallest absolute Gasteiger partial charge is 0.134 e. The topological polar surface area (TPSA) is 17.8 Å². The van der Waals surface area contributed by atoms with Gasteiger partial charge in [0.15, 0.2) is 0 Å². The van der Waals surface area contributed by atoms with Crippen molar-refractivity contribution in [1.82, 2.24) is 9.55 Å². The molecule has 2 aromatic carbocycles. The Morgan fingerprint density at radius 1 is 0.952 bits per heavy atom. The molecular formula is C18H17ClN2. The van der Waals surface area contributed by atoms with Crippen LogP contribution in [0, 0.1) is 0 Å². The Bertz CT molecular complexity index is 757. The van der Waals surface area contributed by atoms with Crippen LogP contribution in [0.4, 0.5) is 0 Å². The molecule has 0 amide bonds. The molecule has 0 radical (unpaired) electrons. The molecule has 0 spiro atoms. The predicted molar refractivity (Wildman–Crippen MR) is 92.5 cm³/mol. The molecule has 3 heteroatoms. The van der Waals surface area contributed by atoms with E-state index >= 15 is 0 Å². The van der Waals surface area contributed by atoms with Crippen LogP contribution in [0.3, 0.4) is 0 Å². The number of hydrogen-bond acceptors (Lipinski definition) is 1. The minimum atomic E-state index is 0. The Balaban J connectivity index is 0.00000161. The summed E-state index contributed by atoms with van der Waals surface area (Å²) in [5, 5.41) is 0. The fraction of sp³-hybridized carbons (Fsp3) is 0.0556. The zero-order valence-electron chi connectivity index (χ0n) is 11.6. The van der Waals surface area contributed by atoms with Gasteiger partial charge in [-0.2, -0.15) is 0 Å². The highest BCUT2D eigenvalue weighted by molar-refractivity contribution is 5.85. The Morgan fingerprint density at radius 3 is 2.43 bits per heavy atom. The van der Waals surface area contributed by atoms with E-state index in [-0.39, 0.29) is 12.4 Å². The molecule has 2 nitrogen and oxygen atoms in total. The Labute approximate surface area is 130 Å². The van der Waals surface area contributed by atoms with Gasteiger partial charge in [0, 0.05) is 6.54 Å². The number of halogens is 1. The van der Waals surface area contributed by atoms with Crippen LogP contribution in [-0.4, -0.2) is 9.55 Å². The molecule has 0 atom stereocenters. The lowest BCUT2D eigenvalue weighted by atomic mass is 10.2. The molecule has 106 valence electrons. The van der Waals surface area contributed by atoms with Crippen molar-refractivity contribution < 1.29 is 0 Å². The minimum Gasteiger partial charge on any atom is -0.321 e. The Hall–Kier alpha value is -2.32. The van der Waals surface area contributed by atoms with Crippen LogP contribution >= 0.6 is 12.4 Å². The molecule has 0 aliphatic rings. The molecule has 0 saturated carbocycles. The zero-order valence-corrected chi connectivity index (χ0v) is 12.5. The largest absolute Gasteiger partial charge is 0.321 e. The molecule has 0 bridgehead atoms. The van der Waals surface area contributed by atoms with Gasteiger partial charge in [-0.1, -0.05) is 54.6 Å². The molecule has 0 fully saturated rings. The van der Waals surface area contributed by atoms with E-state index in [1.165, 1.54) is 5.56 Å². The molecular weight excluding hydrogens is 280 g/mol. The SMILES string of the molecule is C=CCn1c(/C=C/c2ccccc2)nc2ccccc21.Cl. The van der Waals surface area contributed by atoms with Gasteiger partial charge in [-0.25, -0.2) is 4.98 Å². The standard InChI is InChI=1S/C18H16N2.ClH/c1-2-14-20-17-11-7-6-10-16(17)19-18(20)13-12-15-8-4-3-5-9-15;/h2-13H,1,14H2;1H/b13-12+;. The summed E-state index contributed by atoms with van der Waals surface area (Å²) in [5.41, 5.74) is 3.33. The van der Waals surface area contributed by atoms with Gasteiger partial charge < -0.3 is 4.57 Å². The van der Waals surface area contributed by atoms with E-state index in [0.717, 1.165) is 23.4 Å². The molecule has 1 aromatic heterocycles. The maximum atomic E-state index is 4.67. The molecule has 0 N–H and O–H groups in total. The normalized spacial score (nSPS) is 10.7. The monoisotopic (exact) mass is 296 g/mol. The minimum absolute atomic E-state index is 0. The number of allylic oxidation sites excluding steroid dienone is 1. The number of imidazole rings is 1. The third kappa shape index (κ3) is 3.23. The lowest BCUT2D eigenvalue weighted by molar-refractivity contribution is 0.839. The molecule has 1 heterocycles. The van der Waals surface area contributed by atoms with Crippen molar-refractivity contribution in [2.45, 2.75) is 6.54 Å². The van der Waals surface area contributed by atoms with Crippen LogP contribution < -0.4 is 0 Å². The average Bonchev–Trinajstić information content (AvgIpc) is 2.85. The van der Waals surface area contributed by atoms with Gasteiger partial charge in [-0.15, -0.1) is 19.0 Å². The number of hydrogen-bond donors (Lipinski definition) is 0. The van der Waals surface area contributed by atoms with E-state index in [2.05, 4.69) is 46.5 Å². The Morgan fingerprint density at radius 2 is 1.67 bits per heavy atom. The summed E-state index contributed by atoms with van der Waals surface area (Å²) in [6.45, 7) is 4.59. The van der Waals surface area contributed by atoms with Crippen LogP contribution in [0.2, 0.25) is 0 Å². The van der Waals surface area contributed by atoms with Gasteiger partial charge in [0.2, 0.25) is 0 Å². The molecule has 3 aromatic rings. The lowest BCUT2D eigenvalue weighted by Crippen LogP contribution is -1.97. The second-order valence-corrected chi connectivity index (χ2v) is 4.60. The van der Waals surface area contributed by atoms with Crippen molar-refractivity contribution in [2.24, 2.45) is 0 Å². The van der Waals surface area contributed by atoms with Crippen LogP contribution in [0.25, 0.3) is 23.2 Å². The first-order chi connectivity index (χ1) is 9.88. The molecule has 21 heavy (non-hydrogen) atoms. The molecule has 0 aliphatic heterocycles. The van der Waals surface area contributed by atoms with Crippen molar-refractivity contribution in [3.63, 3.8) is 0 Å². The number of fused-ring (bicyclic) bond motifs is 1. The second-order valence-electron chi connectivity index (χ2n) is 4.60. The maximum absolute atomic E-state index is 4.67. The van der Waals surface area contributed by atoms with Gasteiger partial charge in [-0.05, 0) is 23.8 Å². The molecule has 3 rings (SSSR count). The number of para-hydroxylation sites is 2. The van der Waals surface area contributed by atoms with Gasteiger partial charge in [0.25, 0.3) is 0 Å². The van der Waals surface area contributed by atoms with Crippen LogP contribution in [0.15, 0.2) is 67.3 Å². The summed E-state index contributed by atoms with van der Waals surface area (Å²) < 4.78 is 2.17. The fourth-order valence-electron chi connectivity index (χ4n) is 2.28. The van der Waals surface area contributed by atoms with Crippen LogP contribution in [-0.2, 0) is 6.54 Å². The Kier molecular flexibility index (Phi) is 4.96. The first-order valence-electron chi connectivity index (χ1n) is 6.68. The van der Waals surface area contributed by atoms with Crippen LogP contribution in [0.5, 0.6) is 0 Å². The van der Waals surface area contributed by atoms with Crippen LogP contribution in [0.1, 0.15) is 11.4 Å². The van der Waals surface area contributed by atoms with Gasteiger partial charge in [0.05, 0.1) is 11.0 Å². The summed E-state index contributed by atoms with van der Waals surface area (Å²) in [7, 11) is 0. The van der Waals surface area contributed by atoms with Gasteiger partial charge >= 0.3 is 0 Å². The van der Waals surface area contributed by atoms with Crippen molar-refractivity contribution >= 4 is 35.6 Å². The van der Waals surface area contributed by atoms with E-state index in [0.29, 0.717) is 0 Å². The quantitative estimate of drug-likeness (QED) is 0.631. The number of benzene rings is 2. The molecule has 0 aliphatic carbocycles. The fourth-order valence-corrected chi connectivity index (χ4v) is 2.28. The first kappa shape index (κ1) is 15.1.